The summed E-state index contributed by atoms with van der Waals surface area (Å²) >= 11 is 1.73. The molecular formula is C17H19FN2OS. The molecule has 0 bridgehead atoms. The molecule has 0 radical (unpaired) electrons. The van der Waals surface area contributed by atoms with Crippen molar-refractivity contribution in [3.8, 4) is 0 Å². The minimum atomic E-state index is -0.318. The molecule has 22 heavy (non-hydrogen) atoms. The summed E-state index contributed by atoms with van der Waals surface area (Å²) in [6.07, 6.45) is 2.05. The summed E-state index contributed by atoms with van der Waals surface area (Å²) in [7, 11) is 0. The summed E-state index contributed by atoms with van der Waals surface area (Å²) in [5.41, 5.74) is 1.63. The van der Waals surface area contributed by atoms with Crippen molar-refractivity contribution < 1.29 is 9.18 Å². The average Bonchev–Trinajstić information content (AvgIpc) is 2.87. The number of benzene rings is 1. The van der Waals surface area contributed by atoms with Crippen molar-refractivity contribution in [2.75, 3.05) is 13.1 Å². The topological polar surface area (TPSA) is 33.2 Å². The van der Waals surface area contributed by atoms with E-state index in [1.165, 1.54) is 17.0 Å². The molecule has 2 heterocycles. The van der Waals surface area contributed by atoms with Gasteiger partial charge in [-0.25, -0.2) is 9.37 Å². The molecule has 3 rings (SSSR count). The van der Waals surface area contributed by atoms with Crippen LogP contribution in [0, 0.1) is 19.7 Å². The number of nitrogens with zero attached hydrogens (tertiary/aromatic N) is 2. The first-order valence-electron chi connectivity index (χ1n) is 7.53. The number of aryl methyl sites for hydroxylation is 2. The molecule has 1 aromatic carbocycles. The molecule has 5 heteroatoms. The van der Waals surface area contributed by atoms with Crippen LogP contribution in [-0.2, 0) is 0 Å². The molecule has 1 saturated heterocycles. The predicted molar refractivity (Wildman–Crippen MR) is 85.9 cm³/mol. The number of aromatic nitrogens is 1. The molecule has 1 fully saturated rings. The zero-order chi connectivity index (χ0) is 15.7. The molecule has 1 aliphatic rings. The van der Waals surface area contributed by atoms with Crippen molar-refractivity contribution in [3.63, 3.8) is 0 Å². The summed E-state index contributed by atoms with van der Waals surface area (Å²) in [4.78, 5) is 20.3. The van der Waals surface area contributed by atoms with Gasteiger partial charge in [-0.2, -0.15) is 0 Å². The standard InChI is InChI=1S/C17H19FN2OS/c1-11-12(2)22-16(19-11)14-4-3-9-20(10-14)17(21)13-5-7-15(18)8-6-13/h5-8,14H,3-4,9-10H2,1-2H3/t14-/m0/s1. The number of halogens is 1. The summed E-state index contributed by atoms with van der Waals surface area (Å²) in [6.45, 7) is 5.57. The van der Waals surface area contributed by atoms with E-state index in [2.05, 4.69) is 11.9 Å². The van der Waals surface area contributed by atoms with Gasteiger partial charge in [-0.15, -0.1) is 11.3 Å². The second-order valence-corrected chi connectivity index (χ2v) is 7.03. The van der Waals surface area contributed by atoms with Gasteiger partial charge in [0.05, 0.1) is 10.7 Å². The Morgan fingerprint density at radius 3 is 2.68 bits per heavy atom. The molecule has 0 N–H and O–H groups in total. The van der Waals surface area contributed by atoms with Crippen LogP contribution in [0.3, 0.4) is 0 Å². The molecule has 1 amide bonds. The van der Waals surface area contributed by atoms with Crippen molar-refractivity contribution >= 4 is 17.2 Å². The van der Waals surface area contributed by atoms with Crippen LogP contribution in [0.25, 0.3) is 0 Å². The van der Waals surface area contributed by atoms with Gasteiger partial charge in [0, 0.05) is 29.4 Å². The summed E-state index contributed by atoms with van der Waals surface area (Å²) in [5, 5.41) is 1.13. The van der Waals surface area contributed by atoms with E-state index in [4.69, 9.17) is 0 Å². The normalized spacial score (nSPS) is 18.5. The Bertz CT molecular complexity index is 661. The van der Waals surface area contributed by atoms with Gasteiger partial charge in [0.25, 0.3) is 5.91 Å². The van der Waals surface area contributed by atoms with E-state index in [0.717, 1.165) is 30.1 Å². The number of rotatable bonds is 2. The Morgan fingerprint density at radius 1 is 1.32 bits per heavy atom. The van der Waals surface area contributed by atoms with E-state index in [1.54, 1.807) is 23.5 Å². The zero-order valence-corrected chi connectivity index (χ0v) is 13.6. The maximum absolute atomic E-state index is 13.0. The summed E-state index contributed by atoms with van der Waals surface area (Å²) in [5.74, 6) is -0.0212. The number of thiazole rings is 1. The first-order chi connectivity index (χ1) is 10.5. The van der Waals surface area contributed by atoms with Crippen LogP contribution in [0.4, 0.5) is 4.39 Å². The maximum atomic E-state index is 13.0. The zero-order valence-electron chi connectivity index (χ0n) is 12.8. The van der Waals surface area contributed by atoms with E-state index in [1.807, 2.05) is 11.8 Å². The fourth-order valence-corrected chi connectivity index (χ4v) is 3.86. The van der Waals surface area contributed by atoms with Crippen LogP contribution >= 0.6 is 11.3 Å². The van der Waals surface area contributed by atoms with Gasteiger partial charge in [-0.3, -0.25) is 4.79 Å². The van der Waals surface area contributed by atoms with Crippen molar-refractivity contribution in [2.45, 2.75) is 32.6 Å². The Labute approximate surface area is 133 Å². The third-order valence-corrected chi connectivity index (χ3v) is 5.43. The second kappa shape index (κ2) is 6.16. The lowest BCUT2D eigenvalue weighted by atomic mass is 9.98. The number of amides is 1. The van der Waals surface area contributed by atoms with Gasteiger partial charge in [-0.1, -0.05) is 0 Å². The highest BCUT2D eigenvalue weighted by atomic mass is 32.1. The average molecular weight is 318 g/mol. The third-order valence-electron chi connectivity index (χ3n) is 4.19. The van der Waals surface area contributed by atoms with Gasteiger partial charge >= 0.3 is 0 Å². The van der Waals surface area contributed by atoms with E-state index in [9.17, 15) is 9.18 Å². The Hall–Kier alpha value is -1.75. The molecule has 116 valence electrons. The number of hydrogen-bond acceptors (Lipinski definition) is 3. The molecule has 3 nitrogen and oxygen atoms in total. The van der Waals surface area contributed by atoms with Crippen LogP contribution < -0.4 is 0 Å². The van der Waals surface area contributed by atoms with Crippen molar-refractivity contribution in [2.24, 2.45) is 0 Å². The van der Waals surface area contributed by atoms with E-state index < -0.39 is 0 Å². The van der Waals surface area contributed by atoms with E-state index in [0.29, 0.717) is 18.0 Å². The van der Waals surface area contributed by atoms with Gasteiger partial charge in [0.15, 0.2) is 0 Å². The molecular weight excluding hydrogens is 299 g/mol. The molecule has 1 atom stereocenters. The molecule has 1 aliphatic heterocycles. The second-order valence-electron chi connectivity index (χ2n) is 5.79. The van der Waals surface area contributed by atoms with Crippen LogP contribution in [0.15, 0.2) is 24.3 Å². The molecule has 0 spiro atoms. The third kappa shape index (κ3) is 3.04. The Kier molecular flexibility index (Phi) is 4.25. The van der Waals surface area contributed by atoms with Crippen LogP contribution in [0.5, 0.6) is 0 Å². The van der Waals surface area contributed by atoms with Gasteiger partial charge in [0.2, 0.25) is 0 Å². The Balaban J connectivity index is 1.75. The number of carbonyl (C=O) groups is 1. The van der Waals surface area contributed by atoms with Gasteiger partial charge in [-0.05, 0) is 51.0 Å². The van der Waals surface area contributed by atoms with Gasteiger partial charge in [0.1, 0.15) is 5.82 Å². The number of likely N-dealkylation sites (tertiary alicyclic amines) is 1. The minimum Gasteiger partial charge on any atom is -0.338 e. The summed E-state index contributed by atoms with van der Waals surface area (Å²) in [6, 6.07) is 5.78. The monoisotopic (exact) mass is 318 g/mol. The van der Waals surface area contributed by atoms with Crippen LogP contribution in [0.2, 0.25) is 0 Å². The number of hydrogen-bond donors (Lipinski definition) is 0. The largest absolute Gasteiger partial charge is 0.338 e. The lowest BCUT2D eigenvalue weighted by Gasteiger charge is -2.32. The maximum Gasteiger partial charge on any atom is 0.253 e. The Morgan fingerprint density at radius 2 is 2.05 bits per heavy atom. The lowest BCUT2D eigenvalue weighted by molar-refractivity contribution is 0.0707. The molecule has 0 saturated carbocycles. The fourth-order valence-electron chi connectivity index (χ4n) is 2.81. The molecule has 2 aromatic rings. The predicted octanol–water partition coefficient (Wildman–Crippen LogP) is 3.92. The van der Waals surface area contributed by atoms with Crippen LogP contribution in [0.1, 0.15) is 44.7 Å². The van der Waals surface area contributed by atoms with Crippen molar-refractivity contribution in [1.82, 2.24) is 9.88 Å². The van der Waals surface area contributed by atoms with Gasteiger partial charge < -0.3 is 4.90 Å². The molecule has 0 unspecified atom stereocenters. The van der Waals surface area contributed by atoms with Crippen molar-refractivity contribution in [1.29, 1.82) is 0 Å². The first-order valence-corrected chi connectivity index (χ1v) is 8.35. The highest BCUT2D eigenvalue weighted by Crippen LogP contribution is 2.31. The van der Waals surface area contributed by atoms with E-state index in [-0.39, 0.29) is 11.7 Å². The minimum absolute atomic E-state index is 0.0188. The quantitative estimate of drug-likeness (QED) is 0.841. The van der Waals surface area contributed by atoms with E-state index >= 15 is 0 Å². The fraction of sp³-hybridized carbons (Fsp3) is 0.412. The molecule has 0 aliphatic carbocycles. The van der Waals surface area contributed by atoms with Crippen molar-refractivity contribution in [3.05, 3.63) is 51.2 Å². The number of piperidine rings is 1. The highest BCUT2D eigenvalue weighted by Gasteiger charge is 2.27. The van der Waals surface area contributed by atoms with Crippen LogP contribution in [-0.4, -0.2) is 28.9 Å². The smallest absolute Gasteiger partial charge is 0.253 e. The summed E-state index contributed by atoms with van der Waals surface area (Å²) < 4.78 is 13.0. The highest BCUT2D eigenvalue weighted by molar-refractivity contribution is 7.11. The number of carbonyl (C=O) groups excluding carboxylic acids is 1. The lowest BCUT2D eigenvalue weighted by Crippen LogP contribution is -2.39. The first kappa shape index (κ1) is 15.2. The molecule has 1 aromatic heterocycles. The SMILES string of the molecule is Cc1nc([C@H]2CCCN(C(=O)c3ccc(F)cc3)C2)sc1C.